The van der Waals surface area contributed by atoms with Gasteiger partial charge in [0.15, 0.2) is 0 Å². The topological polar surface area (TPSA) is 67.9 Å². The summed E-state index contributed by atoms with van der Waals surface area (Å²) in [7, 11) is 0. The Morgan fingerprint density at radius 1 is 1.40 bits per heavy atom. The minimum atomic E-state index is -0.465. The fourth-order valence-corrected chi connectivity index (χ4v) is 2.77. The third-order valence-corrected chi connectivity index (χ3v) is 3.94. The van der Waals surface area contributed by atoms with Crippen molar-refractivity contribution in [3.05, 3.63) is 0 Å². The largest absolute Gasteiger partial charge is 0.447 e. The SMILES string of the molecule is CC(C)(C)OC(=O)N1CCC(C2(C)COC(=O)N2)CC1. The molecule has 2 aliphatic heterocycles. The highest BCUT2D eigenvalue weighted by molar-refractivity contribution is 5.71. The normalized spacial score (nSPS) is 28.0. The predicted molar refractivity (Wildman–Crippen MR) is 73.4 cm³/mol. The molecule has 1 unspecified atom stereocenters. The zero-order chi connectivity index (χ0) is 15.0. The first kappa shape index (κ1) is 14.9. The standard InChI is InChI=1S/C14H24N2O4/c1-13(2,3)20-12(18)16-7-5-10(6-8-16)14(4)9-19-11(17)15-14/h10H,5-9H2,1-4H3,(H,15,17). The van der Waals surface area contributed by atoms with E-state index in [0.717, 1.165) is 12.8 Å². The van der Waals surface area contributed by atoms with E-state index in [0.29, 0.717) is 25.6 Å². The van der Waals surface area contributed by atoms with Gasteiger partial charge in [0.25, 0.3) is 0 Å². The fourth-order valence-electron chi connectivity index (χ4n) is 2.77. The van der Waals surface area contributed by atoms with E-state index < -0.39 is 5.60 Å². The molecular weight excluding hydrogens is 260 g/mol. The molecule has 0 aromatic heterocycles. The highest BCUT2D eigenvalue weighted by atomic mass is 16.6. The molecule has 2 fully saturated rings. The average molecular weight is 284 g/mol. The second kappa shape index (κ2) is 5.14. The van der Waals surface area contributed by atoms with Gasteiger partial charge in [-0.15, -0.1) is 0 Å². The summed E-state index contributed by atoms with van der Waals surface area (Å²) in [5, 5.41) is 2.89. The van der Waals surface area contributed by atoms with Gasteiger partial charge in [-0.25, -0.2) is 9.59 Å². The molecule has 0 aromatic rings. The van der Waals surface area contributed by atoms with Crippen LogP contribution in [0.4, 0.5) is 9.59 Å². The molecule has 0 radical (unpaired) electrons. The van der Waals surface area contributed by atoms with Crippen molar-refractivity contribution in [2.45, 2.75) is 51.7 Å². The van der Waals surface area contributed by atoms with Crippen molar-refractivity contribution in [3.63, 3.8) is 0 Å². The van der Waals surface area contributed by atoms with Crippen LogP contribution in [0.15, 0.2) is 0 Å². The van der Waals surface area contributed by atoms with Gasteiger partial charge in [-0.3, -0.25) is 0 Å². The molecule has 1 atom stereocenters. The summed E-state index contributed by atoms with van der Waals surface area (Å²) in [6, 6.07) is 0. The summed E-state index contributed by atoms with van der Waals surface area (Å²) >= 11 is 0. The Labute approximate surface area is 119 Å². The first-order chi connectivity index (χ1) is 9.20. The van der Waals surface area contributed by atoms with Gasteiger partial charge >= 0.3 is 12.2 Å². The van der Waals surface area contributed by atoms with E-state index in [2.05, 4.69) is 5.32 Å². The van der Waals surface area contributed by atoms with E-state index in [1.165, 1.54) is 0 Å². The molecule has 0 aromatic carbocycles. The number of nitrogens with zero attached hydrogens (tertiary/aromatic N) is 1. The maximum atomic E-state index is 12.0. The van der Waals surface area contributed by atoms with Gasteiger partial charge in [0, 0.05) is 13.1 Å². The quantitative estimate of drug-likeness (QED) is 0.801. The fraction of sp³-hybridized carbons (Fsp3) is 0.857. The Balaban J connectivity index is 1.86. The third-order valence-electron chi connectivity index (χ3n) is 3.94. The van der Waals surface area contributed by atoms with Crippen LogP contribution in [0.1, 0.15) is 40.5 Å². The summed E-state index contributed by atoms with van der Waals surface area (Å²) in [4.78, 5) is 24.9. The van der Waals surface area contributed by atoms with Crippen molar-refractivity contribution < 1.29 is 19.1 Å². The van der Waals surface area contributed by atoms with Crippen molar-refractivity contribution in [1.29, 1.82) is 0 Å². The molecular formula is C14H24N2O4. The van der Waals surface area contributed by atoms with Crippen molar-refractivity contribution in [3.8, 4) is 0 Å². The van der Waals surface area contributed by atoms with Crippen LogP contribution < -0.4 is 5.32 Å². The van der Waals surface area contributed by atoms with Crippen LogP contribution >= 0.6 is 0 Å². The molecule has 114 valence electrons. The van der Waals surface area contributed by atoms with E-state index in [1.807, 2.05) is 27.7 Å². The van der Waals surface area contributed by atoms with Gasteiger partial charge in [-0.2, -0.15) is 0 Å². The molecule has 2 heterocycles. The zero-order valence-corrected chi connectivity index (χ0v) is 12.7. The molecule has 2 rings (SSSR count). The Hall–Kier alpha value is -1.46. The van der Waals surface area contributed by atoms with E-state index in [9.17, 15) is 9.59 Å². The second-order valence-electron chi connectivity index (χ2n) is 6.86. The number of cyclic esters (lactones) is 1. The molecule has 6 nitrogen and oxygen atoms in total. The number of rotatable bonds is 1. The molecule has 0 aliphatic carbocycles. The molecule has 20 heavy (non-hydrogen) atoms. The van der Waals surface area contributed by atoms with Crippen molar-refractivity contribution in [1.82, 2.24) is 10.2 Å². The molecule has 0 spiro atoms. The first-order valence-electron chi connectivity index (χ1n) is 7.12. The lowest BCUT2D eigenvalue weighted by Crippen LogP contribution is -2.52. The number of nitrogens with one attached hydrogen (secondary N) is 1. The zero-order valence-electron chi connectivity index (χ0n) is 12.7. The highest BCUT2D eigenvalue weighted by Crippen LogP contribution is 2.31. The van der Waals surface area contributed by atoms with Gasteiger partial charge in [-0.05, 0) is 46.5 Å². The Morgan fingerprint density at radius 3 is 2.45 bits per heavy atom. The van der Waals surface area contributed by atoms with Crippen LogP contribution in [-0.2, 0) is 9.47 Å². The minimum Gasteiger partial charge on any atom is -0.447 e. The molecule has 2 amide bonds. The number of alkyl carbamates (subject to hydrolysis) is 1. The number of piperidine rings is 1. The monoisotopic (exact) mass is 284 g/mol. The summed E-state index contributed by atoms with van der Waals surface area (Å²) in [6.07, 6.45) is 1.09. The van der Waals surface area contributed by atoms with Gasteiger partial charge in [0.05, 0.1) is 5.54 Å². The number of hydrogen-bond acceptors (Lipinski definition) is 4. The molecule has 2 aliphatic rings. The summed E-state index contributed by atoms with van der Waals surface area (Å²) in [5.74, 6) is 0.327. The maximum Gasteiger partial charge on any atom is 0.410 e. The molecule has 2 saturated heterocycles. The maximum absolute atomic E-state index is 12.0. The smallest absolute Gasteiger partial charge is 0.410 e. The van der Waals surface area contributed by atoms with Crippen LogP contribution in [0.2, 0.25) is 0 Å². The Bertz CT molecular complexity index is 396. The summed E-state index contributed by atoms with van der Waals surface area (Å²) in [5.41, 5.74) is -0.774. The molecule has 6 heteroatoms. The van der Waals surface area contributed by atoms with E-state index >= 15 is 0 Å². The number of carbonyl (C=O) groups excluding carboxylic acids is 2. The Morgan fingerprint density at radius 2 is 2.00 bits per heavy atom. The van der Waals surface area contributed by atoms with Gasteiger partial charge in [0.2, 0.25) is 0 Å². The number of amides is 2. The van der Waals surface area contributed by atoms with E-state index in [1.54, 1.807) is 4.90 Å². The van der Waals surface area contributed by atoms with Crippen molar-refractivity contribution in [2.24, 2.45) is 5.92 Å². The van der Waals surface area contributed by atoms with Crippen LogP contribution in [0.3, 0.4) is 0 Å². The third kappa shape index (κ3) is 3.35. The number of hydrogen-bond donors (Lipinski definition) is 1. The van der Waals surface area contributed by atoms with Crippen LogP contribution in [0, 0.1) is 5.92 Å². The molecule has 0 saturated carbocycles. The Kier molecular flexibility index (Phi) is 3.84. The number of carbonyl (C=O) groups is 2. The average Bonchev–Trinajstić information content (AvgIpc) is 2.69. The number of ether oxygens (including phenoxy) is 2. The lowest BCUT2D eigenvalue weighted by atomic mass is 9.80. The van der Waals surface area contributed by atoms with Crippen LogP contribution in [-0.4, -0.2) is 47.9 Å². The minimum absolute atomic E-state index is 0.257. The van der Waals surface area contributed by atoms with Gasteiger partial charge in [0.1, 0.15) is 12.2 Å². The first-order valence-corrected chi connectivity index (χ1v) is 7.12. The van der Waals surface area contributed by atoms with Crippen LogP contribution in [0.5, 0.6) is 0 Å². The van der Waals surface area contributed by atoms with E-state index in [4.69, 9.17) is 9.47 Å². The van der Waals surface area contributed by atoms with Gasteiger partial charge in [-0.1, -0.05) is 0 Å². The molecule has 0 bridgehead atoms. The van der Waals surface area contributed by atoms with E-state index in [-0.39, 0.29) is 17.7 Å². The van der Waals surface area contributed by atoms with Crippen molar-refractivity contribution >= 4 is 12.2 Å². The summed E-state index contributed by atoms with van der Waals surface area (Å²) < 4.78 is 10.4. The summed E-state index contributed by atoms with van der Waals surface area (Å²) in [6.45, 7) is 9.32. The van der Waals surface area contributed by atoms with Gasteiger partial charge < -0.3 is 19.7 Å². The molecule has 1 N–H and O–H groups in total. The highest BCUT2D eigenvalue weighted by Gasteiger charge is 2.43. The lowest BCUT2D eigenvalue weighted by Gasteiger charge is -2.39. The van der Waals surface area contributed by atoms with Crippen LogP contribution in [0.25, 0.3) is 0 Å². The van der Waals surface area contributed by atoms with Crippen molar-refractivity contribution in [2.75, 3.05) is 19.7 Å². The second-order valence-corrected chi connectivity index (χ2v) is 6.86. The lowest BCUT2D eigenvalue weighted by molar-refractivity contribution is 0.0141. The predicted octanol–water partition coefficient (Wildman–Crippen LogP) is 2.13. The number of likely N-dealkylation sites (tertiary alicyclic amines) is 1.